The van der Waals surface area contributed by atoms with Crippen molar-refractivity contribution in [1.82, 2.24) is 4.57 Å². The maximum absolute atomic E-state index is 10.8. The molecule has 0 aliphatic carbocycles. The number of phenols is 5. The molecule has 0 saturated heterocycles. The molecule has 6 rings (SSSR count). The van der Waals surface area contributed by atoms with Gasteiger partial charge in [0.25, 0.3) is 0 Å². The first kappa shape index (κ1) is 39.9. The Labute approximate surface area is 367 Å². The zero-order valence-corrected chi connectivity index (χ0v) is 39.2. The summed E-state index contributed by atoms with van der Waals surface area (Å²) in [7, 11) is 0. The number of aromatic hydroxyl groups is 5. The van der Waals surface area contributed by atoms with Crippen LogP contribution in [0, 0.1) is 0 Å². The van der Waals surface area contributed by atoms with Crippen LogP contribution in [0.25, 0.3) is 22.3 Å². The van der Waals surface area contributed by atoms with Gasteiger partial charge in [-0.1, -0.05) is 12.1 Å². The Morgan fingerprint density at radius 1 is 0.404 bits per heavy atom. The number of nitrogens with zero attached hydrogens (tertiary/aromatic N) is 1. The number of benzene rings is 5. The average Bonchev–Trinajstić information content (AvgIpc) is 3.38. The van der Waals surface area contributed by atoms with Crippen LogP contribution >= 0.6 is 127 Å². The van der Waals surface area contributed by atoms with Crippen LogP contribution < -0.4 is 0 Å². The molecule has 0 radical (unpaired) electrons. The summed E-state index contributed by atoms with van der Waals surface area (Å²) in [5.41, 5.74) is 8.19. The van der Waals surface area contributed by atoms with Crippen molar-refractivity contribution in [3.05, 3.63) is 137 Å². The summed E-state index contributed by atoms with van der Waals surface area (Å²) >= 11 is 28.3. The van der Waals surface area contributed by atoms with Crippen molar-refractivity contribution in [2.45, 2.75) is 25.8 Å². The molecular formula is C38H25Br8NO5. The van der Waals surface area contributed by atoms with Gasteiger partial charge in [-0.05, 0) is 222 Å². The highest BCUT2D eigenvalue weighted by Crippen LogP contribution is 2.49. The second kappa shape index (κ2) is 16.5. The smallest absolute Gasteiger partial charge is 0.143 e. The summed E-state index contributed by atoms with van der Waals surface area (Å²) in [6.07, 6.45) is 1.51. The van der Waals surface area contributed by atoms with Crippen molar-refractivity contribution in [2.75, 3.05) is 0 Å². The van der Waals surface area contributed by atoms with Gasteiger partial charge in [0.2, 0.25) is 0 Å². The van der Waals surface area contributed by atoms with E-state index in [1.54, 1.807) is 12.1 Å². The fourth-order valence-electron chi connectivity index (χ4n) is 6.13. The van der Waals surface area contributed by atoms with Gasteiger partial charge in [-0.15, -0.1) is 0 Å². The van der Waals surface area contributed by atoms with Crippen LogP contribution in [0.5, 0.6) is 28.7 Å². The number of phenolic OH excluding ortho intramolecular Hbond substituents is 5. The van der Waals surface area contributed by atoms with Gasteiger partial charge < -0.3 is 30.1 Å². The molecule has 268 valence electrons. The van der Waals surface area contributed by atoms with Gasteiger partial charge in [-0.25, -0.2) is 0 Å². The second-order valence-corrected chi connectivity index (χ2v) is 18.8. The lowest BCUT2D eigenvalue weighted by Crippen LogP contribution is -2.11. The molecule has 5 aromatic carbocycles. The van der Waals surface area contributed by atoms with Crippen molar-refractivity contribution in [3.8, 4) is 51.0 Å². The molecule has 0 amide bonds. The molecule has 1 heterocycles. The minimum Gasteiger partial charge on any atom is -0.508 e. The number of halogens is 8. The number of rotatable bonds is 9. The highest BCUT2D eigenvalue weighted by molar-refractivity contribution is 9.12. The fourth-order valence-corrected chi connectivity index (χ4v) is 11.1. The Balaban J connectivity index is 1.74. The van der Waals surface area contributed by atoms with Crippen LogP contribution in [-0.4, -0.2) is 30.1 Å². The zero-order chi connectivity index (χ0) is 37.6. The molecule has 5 N–H and O–H groups in total. The lowest BCUT2D eigenvalue weighted by atomic mass is 9.91. The van der Waals surface area contributed by atoms with Crippen molar-refractivity contribution in [1.29, 1.82) is 0 Å². The van der Waals surface area contributed by atoms with E-state index in [-0.39, 0.29) is 28.7 Å². The van der Waals surface area contributed by atoms with Gasteiger partial charge in [0.05, 0.1) is 35.8 Å². The lowest BCUT2D eigenvalue weighted by Gasteiger charge is -2.17. The lowest BCUT2D eigenvalue weighted by molar-refractivity contribution is 0.467. The molecule has 0 spiro atoms. The summed E-state index contributed by atoms with van der Waals surface area (Å²) in [5.74, 6) is 0.524. The molecule has 0 aliphatic rings. The van der Waals surface area contributed by atoms with E-state index < -0.39 is 0 Å². The van der Waals surface area contributed by atoms with E-state index >= 15 is 0 Å². The van der Waals surface area contributed by atoms with E-state index in [9.17, 15) is 25.5 Å². The van der Waals surface area contributed by atoms with Crippen molar-refractivity contribution >= 4 is 127 Å². The highest BCUT2D eigenvalue weighted by Gasteiger charge is 2.28. The van der Waals surface area contributed by atoms with Crippen LogP contribution in [0.3, 0.4) is 0 Å². The third-order valence-corrected chi connectivity index (χ3v) is 13.4. The second-order valence-electron chi connectivity index (χ2n) is 12.0. The molecule has 14 heteroatoms. The normalized spacial score (nSPS) is 11.4. The minimum atomic E-state index is 0.0687. The Morgan fingerprint density at radius 3 is 1.04 bits per heavy atom. The van der Waals surface area contributed by atoms with E-state index in [1.807, 2.05) is 60.7 Å². The molecule has 1 aromatic heterocycles. The van der Waals surface area contributed by atoms with E-state index in [4.69, 9.17) is 0 Å². The van der Waals surface area contributed by atoms with Crippen LogP contribution in [0.1, 0.15) is 28.1 Å². The minimum absolute atomic E-state index is 0.0687. The molecule has 0 atom stereocenters. The van der Waals surface area contributed by atoms with Gasteiger partial charge in [-0.3, -0.25) is 0 Å². The molecule has 0 aliphatic heterocycles. The molecule has 6 aromatic rings. The monoisotopic (exact) mass is 1210 g/mol. The van der Waals surface area contributed by atoms with Crippen LogP contribution in [0.15, 0.2) is 109 Å². The standard InChI is InChI=1S/C38H25Br8NO5/c39-23-7-18(8-24(40)35(23)49)11-31-33(20-13-27(43)37(51)28(44)14-20)34(21-15-29(45)38(52)30(46)16-21)32(12-19-9-25(41)36(50)26(42)10-19)47(31)6-5-17-1-3-22(48)4-2-17/h1-4,7-10,13-16,48-52H,5-6,11-12H2. The van der Waals surface area contributed by atoms with Crippen LogP contribution in [0.2, 0.25) is 0 Å². The number of aryl methyl sites for hydroxylation is 1. The van der Waals surface area contributed by atoms with Gasteiger partial charge in [0, 0.05) is 41.9 Å². The van der Waals surface area contributed by atoms with Crippen LogP contribution in [-0.2, 0) is 25.8 Å². The Kier molecular flexibility index (Phi) is 12.7. The van der Waals surface area contributed by atoms with Gasteiger partial charge >= 0.3 is 0 Å². The van der Waals surface area contributed by atoms with Crippen molar-refractivity contribution in [3.63, 3.8) is 0 Å². The summed E-state index contributed by atoms with van der Waals surface area (Å²) < 4.78 is 6.49. The molecule has 0 unspecified atom stereocenters. The molecule has 52 heavy (non-hydrogen) atoms. The highest BCUT2D eigenvalue weighted by atomic mass is 79.9. The van der Waals surface area contributed by atoms with Crippen LogP contribution in [0.4, 0.5) is 0 Å². The SMILES string of the molecule is Oc1ccc(CCn2c(Cc3cc(Br)c(O)c(Br)c3)c(-c3cc(Br)c(O)c(Br)c3)c(-c3cc(Br)c(O)c(Br)c3)c2Cc2cc(Br)c(O)c(Br)c2)cc1. The first-order valence-corrected chi connectivity index (χ1v) is 21.7. The molecule has 0 bridgehead atoms. The van der Waals surface area contributed by atoms with E-state index in [0.717, 1.165) is 50.3 Å². The van der Waals surface area contributed by atoms with Gasteiger partial charge in [0.15, 0.2) is 0 Å². The summed E-state index contributed by atoms with van der Waals surface area (Å²) in [6, 6.07) is 22.3. The Morgan fingerprint density at radius 2 is 0.712 bits per heavy atom. The first-order valence-electron chi connectivity index (χ1n) is 15.4. The van der Waals surface area contributed by atoms with Gasteiger partial charge in [0.1, 0.15) is 28.7 Å². The van der Waals surface area contributed by atoms with Crippen molar-refractivity contribution in [2.24, 2.45) is 0 Å². The maximum atomic E-state index is 10.8. The third-order valence-electron chi connectivity index (χ3n) is 8.55. The fraction of sp³-hybridized carbons (Fsp3) is 0.105. The number of hydrogen-bond acceptors (Lipinski definition) is 5. The third kappa shape index (κ3) is 8.39. The first-order chi connectivity index (χ1) is 24.6. The Bertz CT molecular complexity index is 2130. The van der Waals surface area contributed by atoms with E-state index in [2.05, 4.69) is 132 Å². The molecule has 6 nitrogen and oxygen atoms in total. The Hall–Kier alpha value is -1.78. The number of aromatic nitrogens is 1. The maximum Gasteiger partial charge on any atom is 0.143 e. The zero-order valence-electron chi connectivity index (χ0n) is 26.5. The average molecular weight is 1210 g/mol. The topological polar surface area (TPSA) is 106 Å². The summed E-state index contributed by atoms with van der Waals surface area (Å²) in [4.78, 5) is 0. The van der Waals surface area contributed by atoms with E-state index in [1.165, 1.54) is 0 Å². The quantitative estimate of drug-likeness (QED) is 0.0992. The molecule has 0 saturated carbocycles. The largest absolute Gasteiger partial charge is 0.508 e. The molecule has 0 fully saturated rings. The van der Waals surface area contributed by atoms with Gasteiger partial charge in [-0.2, -0.15) is 0 Å². The predicted octanol–water partition coefficient (Wildman–Crippen LogP) is 13.9. The summed E-state index contributed by atoms with van der Waals surface area (Å²) in [5, 5.41) is 52.8. The van der Waals surface area contributed by atoms with E-state index in [0.29, 0.717) is 61.6 Å². The summed E-state index contributed by atoms with van der Waals surface area (Å²) in [6.45, 7) is 0.546. The van der Waals surface area contributed by atoms with Crippen molar-refractivity contribution < 1.29 is 25.5 Å². The predicted molar refractivity (Wildman–Crippen MR) is 234 cm³/mol. The molecular weight excluding hydrogens is 1190 g/mol. The number of hydrogen-bond donors (Lipinski definition) is 5.